The normalized spacial score (nSPS) is 21.9. The summed E-state index contributed by atoms with van der Waals surface area (Å²) in [6, 6.07) is 3.95. The Hall–Kier alpha value is -2.93. The van der Waals surface area contributed by atoms with Gasteiger partial charge in [0.2, 0.25) is 0 Å². The highest BCUT2D eigenvalue weighted by Crippen LogP contribution is 2.26. The Morgan fingerprint density at radius 1 is 1.34 bits per heavy atom. The van der Waals surface area contributed by atoms with Crippen molar-refractivity contribution in [1.29, 1.82) is 5.41 Å². The van der Waals surface area contributed by atoms with Crippen LogP contribution in [-0.2, 0) is 9.47 Å². The topological polar surface area (TPSA) is 111 Å². The molecule has 0 aromatic carbocycles. The summed E-state index contributed by atoms with van der Waals surface area (Å²) in [5.41, 5.74) is 1.38. The maximum atomic E-state index is 7.96. The third kappa shape index (κ3) is 4.56. The third-order valence-electron chi connectivity index (χ3n) is 4.91. The van der Waals surface area contributed by atoms with Crippen molar-refractivity contribution in [2.45, 2.75) is 19.0 Å². The van der Waals surface area contributed by atoms with E-state index in [1.54, 1.807) is 6.20 Å². The van der Waals surface area contributed by atoms with Crippen LogP contribution in [0.3, 0.4) is 0 Å². The van der Waals surface area contributed by atoms with Crippen molar-refractivity contribution < 1.29 is 9.47 Å². The SMILES string of the molecule is C[C@@H]1COCCN1c1cc(C#CC2COCCN2)c(C=N)c(Nc2ccn[nH]2)n1. The zero-order valence-electron chi connectivity index (χ0n) is 16.4. The van der Waals surface area contributed by atoms with Gasteiger partial charge in [-0.25, -0.2) is 4.98 Å². The monoisotopic (exact) mass is 395 g/mol. The first kappa shape index (κ1) is 19.4. The summed E-state index contributed by atoms with van der Waals surface area (Å²) in [6.45, 7) is 6.24. The molecule has 0 radical (unpaired) electrons. The molecule has 0 aliphatic carbocycles. The van der Waals surface area contributed by atoms with Gasteiger partial charge in [0.1, 0.15) is 17.5 Å². The third-order valence-corrected chi connectivity index (χ3v) is 4.91. The summed E-state index contributed by atoms with van der Waals surface area (Å²) in [5, 5.41) is 21.4. The molecule has 0 bridgehead atoms. The molecule has 2 aromatic heterocycles. The van der Waals surface area contributed by atoms with Crippen LogP contribution in [0.4, 0.5) is 17.5 Å². The van der Waals surface area contributed by atoms with Crippen LogP contribution in [-0.4, -0.2) is 73.0 Å². The molecular weight excluding hydrogens is 370 g/mol. The zero-order valence-corrected chi connectivity index (χ0v) is 16.4. The number of aromatic nitrogens is 3. The molecule has 4 heterocycles. The molecule has 0 spiro atoms. The van der Waals surface area contributed by atoms with Crippen LogP contribution < -0.4 is 15.5 Å². The Morgan fingerprint density at radius 3 is 2.97 bits per heavy atom. The van der Waals surface area contributed by atoms with Crippen molar-refractivity contribution in [2.75, 3.05) is 49.7 Å². The van der Waals surface area contributed by atoms with Crippen molar-refractivity contribution >= 4 is 23.7 Å². The average Bonchev–Trinajstić information content (AvgIpc) is 3.26. The number of hydrogen-bond acceptors (Lipinski definition) is 8. The van der Waals surface area contributed by atoms with Gasteiger partial charge in [0.15, 0.2) is 0 Å². The molecular formula is C20H25N7O2. The van der Waals surface area contributed by atoms with Gasteiger partial charge in [-0.2, -0.15) is 5.10 Å². The van der Waals surface area contributed by atoms with E-state index in [1.165, 1.54) is 6.21 Å². The van der Waals surface area contributed by atoms with Gasteiger partial charge in [-0.1, -0.05) is 11.8 Å². The summed E-state index contributed by atoms with van der Waals surface area (Å²) in [4.78, 5) is 7.01. The Morgan fingerprint density at radius 2 is 2.24 bits per heavy atom. The largest absolute Gasteiger partial charge is 0.377 e. The zero-order chi connectivity index (χ0) is 20.1. The minimum atomic E-state index is -0.0229. The van der Waals surface area contributed by atoms with E-state index in [9.17, 15) is 0 Å². The van der Waals surface area contributed by atoms with Gasteiger partial charge >= 0.3 is 0 Å². The van der Waals surface area contributed by atoms with E-state index in [0.717, 1.165) is 24.5 Å². The van der Waals surface area contributed by atoms with Gasteiger partial charge in [0.05, 0.1) is 50.3 Å². The molecule has 0 amide bonds. The minimum absolute atomic E-state index is 0.0229. The van der Waals surface area contributed by atoms with E-state index < -0.39 is 0 Å². The molecule has 2 atom stereocenters. The second-order valence-electron chi connectivity index (χ2n) is 7.00. The highest BCUT2D eigenvalue weighted by Gasteiger charge is 2.22. The molecule has 9 nitrogen and oxygen atoms in total. The fraction of sp³-hybridized carbons (Fsp3) is 0.450. The van der Waals surface area contributed by atoms with Gasteiger partial charge in [-0.05, 0) is 13.0 Å². The van der Waals surface area contributed by atoms with Gasteiger partial charge in [-0.3, -0.25) is 10.4 Å². The number of morpholine rings is 2. The second-order valence-corrected chi connectivity index (χ2v) is 7.00. The van der Waals surface area contributed by atoms with E-state index in [2.05, 4.69) is 44.5 Å². The van der Waals surface area contributed by atoms with Gasteiger partial charge in [-0.15, -0.1) is 0 Å². The molecule has 0 saturated carbocycles. The molecule has 1 unspecified atom stereocenters. The highest BCUT2D eigenvalue weighted by molar-refractivity contribution is 5.90. The van der Waals surface area contributed by atoms with Crippen LogP contribution in [0.1, 0.15) is 18.1 Å². The first-order valence-electron chi connectivity index (χ1n) is 9.73. The summed E-state index contributed by atoms with van der Waals surface area (Å²) in [7, 11) is 0. The standard InChI is InChI=1S/C20H25N7O2/c1-14-12-29-9-7-27(14)19-10-15(2-3-16-13-28-8-6-22-16)17(11-21)20(25-19)24-18-4-5-23-26-18/h4-5,10-11,14,16,21-22H,6-9,12-13H2,1H3,(H2,23,24,25,26)/t14-,16?/m1/s1. The first-order valence-corrected chi connectivity index (χ1v) is 9.73. The number of pyridine rings is 1. The van der Waals surface area contributed by atoms with Gasteiger partial charge < -0.3 is 25.1 Å². The van der Waals surface area contributed by atoms with Crippen molar-refractivity contribution in [3.8, 4) is 11.8 Å². The van der Waals surface area contributed by atoms with Crippen molar-refractivity contribution in [2.24, 2.45) is 0 Å². The molecule has 4 rings (SSSR count). The Bertz CT molecular complexity index is 898. The second kappa shape index (κ2) is 9.05. The van der Waals surface area contributed by atoms with Crippen LogP contribution in [0.5, 0.6) is 0 Å². The van der Waals surface area contributed by atoms with Crippen LogP contribution in [0.15, 0.2) is 18.3 Å². The molecule has 2 saturated heterocycles. The Kier molecular flexibility index (Phi) is 6.05. The number of nitrogens with one attached hydrogen (secondary N) is 4. The quantitative estimate of drug-likeness (QED) is 0.453. The minimum Gasteiger partial charge on any atom is -0.377 e. The summed E-state index contributed by atoms with van der Waals surface area (Å²) < 4.78 is 11.1. The molecule has 4 N–H and O–H groups in total. The maximum absolute atomic E-state index is 7.96. The maximum Gasteiger partial charge on any atom is 0.144 e. The number of anilines is 3. The number of rotatable bonds is 4. The van der Waals surface area contributed by atoms with Crippen molar-refractivity contribution in [1.82, 2.24) is 20.5 Å². The molecule has 2 aliphatic heterocycles. The number of nitrogens with zero attached hydrogens (tertiary/aromatic N) is 3. The number of ether oxygens (including phenoxy) is 2. The molecule has 2 aromatic rings. The van der Waals surface area contributed by atoms with Crippen LogP contribution in [0.2, 0.25) is 0 Å². The average molecular weight is 395 g/mol. The summed E-state index contributed by atoms with van der Waals surface area (Å²) in [6.07, 6.45) is 2.95. The lowest BCUT2D eigenvalue weighted by Crippen LogP contribution is -2.44. The lowest BCUT2D eigenvalue weighted by Gasteiger charge is -2.34. The fourth-order valence-corrected chi connectivity index (χ4v) is 3.38. The Labute approximate surface area is 169 Å². The van der Waals surface area contributed by atoms with Crippen LogP contribution in [0, 0.1) is 17.3 Å². The molecule has 29 heavy (non-hydrogen) atoms. The highest BCUT2D eigenvalue weighted by atomic mass is 16.5. The molecule has 2 aliphatic rings. The fourth-order valence-electron chi connectivity index (χ4n) is 3.38. The van der Waals surface area contributed by atoms with Gasteiger partial charge in [0, 0.05) is 30.9 Å². The predicted octanol–water partition coefficient (Wildman–Crippen LogP) is 1.11. The van der Waals surface area contributed by atoms with Gasteiger partial charge in [0.25, 0.3) is 0 Å². The van der Waals surface area contributed by atoms with E-state index in [0.29, 0.717) is 43.6 Å². The lowest BCUT2D eigenvalue weighted by atomic mass is 10.1. The lowest BCUT2D eigenvalue weighted by molar-refractivity contribution is 0.0925. The molecule has 2 fully saturated rings. The molecule has 9 heteroatoms. The van der Waals surface area contributed by atoms with E-state index in [1.807, 2.05) is 12.1 Å². The Balaban J connectivity index is 1.73. The van der Waals surface area contributed by atoms with E-state index in [4.69, 9.17) is 19.9 Å². The van der Waals surface area contributed by atoms with E-state index >= 15 is 0 Å². The number of hydrogen-bond donors (Lipinski definition) is 4. The molecule has 152 valence electrons. The van der Waals surface area contributed by atoms with Crippen molar-refractivity contribution in [3.05, 3.63) is 29.5 Å². The summed E-state index contributed by atoms with van der Waals surface area (Å²) in [5.74, 6) is 8.55. The smallest absolute Gasteiger partial charge is 0.144 e. The predicted molar refractivity (Wildman–Crippen MR) is 111 cm³/mol. The number of aromatic amines is 1. The van der Waals surface area contributed by atoms with Crippen LogP contribution in [0.25, 0.3) is 0 Å². The summed E-state index contributed by atoms with van der Waals surface area (Å²) >= 11 is 0. The first-order chi connectivity index (χ1) is 14.2. The van der Waals surface area contributed by atoms with Crippen LogP contribution >= 0.6 is 0 Å². The van der Waals surface area contributed by atoms with E-state index in [-0.39, 0.29) is 12.1 Å². The van der Waals surface area contributed by atoms with Crippen molar-refractivity contribution in [3.63, 3.8) is 0 Å². The number of H-pyrrole nitrogens is 1.